The highest BCUT2D eigenvalue weighted by Crippen LogP contribution is 2.41. The highest BCUT2D eigenvalue weighted by atomic mass is 16.6. The van der Waals surface area contributed by atoms with Crippen molar-refractivity contribution in [3.63, 3.8) is 0 Å². The van der Waals surface area contributed by atoms with E-state index in [2.05, 4.69) is 13.0 Å². The van der Waals surface area contributed by atoms with Crippen molar-refractivity contribution in [2.75, 3.05) is 0 Å². The Morgan fingerprint density at radius 1 is 1.55 bits per heavy atom. The van der Waals surface area contributed by atoms with Gasteiger partial charge in [0.05, 0.1) is 0 Å². The van der Waals surface area contributed by atoms with E-state index in [1.165, 1.54) is 5.57 Å². The molecule has 0 radical (unpaired) electrons. The number of hydrogen-bond acceptors (Lipinski definition) is 2. The van der Waals surface area contributed by atoms with Gasteiger partial charge in [-0.2, -0.15) is 0 Å². The summed E-state index contributed by atoms with van der Waals surface area (Å²) in [7, 11) is 0. The first-order valence-corrected chi connectivity index (χ1v) is 4.12. The second kappa shape index (κ2) is 2.10. The predicted molar refractivity (Wildman–Crippen MR) is 41.0 cm³/mol. The van der Waals surface area contributed by atoms with Gasteiger partial charge in [-0.05, 0) is 25.3 Å². The van der Waals surface area contributed by atoms with E-state index in [4.69, 9.17) is 4.74 Å². The van der Waals surface area contributed by atoms with Gasteiger partial charge >= 0.3 is 5.97 Å². The molecule has 2 heteroatoms. The van der Waals surface area contributed by atoms with Crippen molar-refractivity contribution < 1.29 is 9.53 Å². The van der Waals surface area contributed by atoms with Crippen molar-refractivity contribution in [1.29, 1.82) is 0 Å². The Hall–Kier alpha value is -0.790. The van der Waals surface area contributed by atoms with Crippen LogP contribution in [0.1, 0.15) is 32.6 Å². The van der Waals surface area contributed by atoms with Crippen LogP contribution >= 0.6 is 0 Å². The number of ether oxygens (including phenoxy) is 1. The van der Waals surface area contributed by atoms with Gasteiger partial charge in [0.2, 0.25) is 0 Å². The Kier molecular flexibility index (Phi) is 1.31. The fourth-order valence-electron chi connectivity index (χ4n) is 1.98. The number of hydrogen-bond donors (Lipinski definition) is 0. The molecule has 0 bridgehead atoms. The Balaban J connectivity index is 2.24. The molecule has 1 fully saturated rings. The molecule has 0 N–H and O–H groups in total. The van der Waals surface area contributed by atoms with Crippen LogP contribution in [0.15, 0.2) is 11.6 Å². The zero-order valence-corrected chi connectivity index (χ0v) is 6.72. The molecule has 0 saturated carbocycles. The summed E-state index contributed by atoms with van der Waals surface area (Å²) >= 11 is 0. The molecule has 0 aromatic heterocycles. The van der Waals surface area contributed by atoms with Gasteiger partial charge in [-0.1, -0.05) is 6.08 Å². The largest absolute Gasteiger partial charge is 0.454 e. The second-order valence-electron chi connectivity index (χ2n) is 3.39. The molecule has 0 amide bonds. The van der Waals surface area contributed by atoms with E-state index in [0.29, 0.717) is 6.42 Å². The van der Waals surface area contributed by atoms with Crippen LogP contribution in [0.5, 0.6) is 0 Å². The molecule has 1 aliphatic carbocycles. The summed E-state index contributed by atoms with van der Waals surface area (Å²) in [4.78, 5) is 10.9. The zero-order chi connectivity index (χ0) is 7.90. The van der Waals surface area contributed by atoms with Crippen molar-refractivity contribution in [3.8, 4) is 0 Å². The smallest absolute Gasteiger partial charge is 0.306 e. The minimum atomic E-state index is -0.170. The first kappa shape index (κ1) is 6.89. The molecule has 1 saturated heterocycles. The van der Waals surface area contributed by atoms with E-state index in [-0.39, 0.29) is 11.6 Å². The van der Waals surface area contributed by atoms with Crippen LogP contribution in [0.25, 0.3) is 0 Å². The number of carbonyl (C=O) groups excluding carboxylic acids is 1. The SMILES string of the molecule is CC1=CCCC12CCC(=O)O2. The Labute approximate surface area is 66.2 Å². The monoisotopic (exact) mass is 152 g/mol. The van der Waals surface area contributed by atoms with Gasteiger partial charge in [0.1, 0.15) is 5.60 Å². The third-order valence-electron chi connectivity index (χ3n) is 2.76. The van der Waals surface area contributed by atoms with Crippen LogP contribution in [0.2, 0.25) is 0 Å². The van der Waals surface area contributed by atoms with E-state index < -0.39 is 0 Å². The van der Waals surface area contributed by atoms with Crippen molar-refractivity contribution >= 4 is 5.97 Å². The minimum Gasteiger partial charge on any atom is -0.454 e. The zero-order valence-electron chi connectivity index (χ0n) is 6.72. The summed E-state index contributed by atoms with van der Waals surface area (Å²) in [5.41, 5.74) is 1.08. The maximum atomic E-state index is 10.9. The maximum Gasteiger partial charge on any atom is 0.306 e. The highest BCUT2D eigenvalue weighted by Gasteiger charge is 2.43. The lowest BCUT2D eigenvalue weighted by molar-refractivity contribution is -0.145. The molecular weight excluding hydrogens is 140 g/mol. The second-order valence-corrected chi connectivity index (χ2v) is 3.39. The molecule has 60 valence electrons. The Morgan fingerprint density at radius 2 is 2.36 bits per heavy atom. The van der Waals surface area contributed by atoms with Crippen LogP contribution in [0, 0.1) is 0 Å². The molecule has 0 aromatic rings. The first-order chi connectivity index (χ1) is 5.23. The van der Waals surface area contributed by atoms with E-state index >= 15 is 0 Å². The van der Waals surface area contributed by atoms with Crippen molar-refractivity contribution in [2.24, 2.45) is 0 Å². The summed E-state index contributed by atoms with van der Waals surface area (Å²) in [5, 5.41) is 0. The van der Waals surface area contributed by atoms with Gasteiger partial charge in [0.25, 0.3) is 0 Å². The van der Waals surface area contributed by atoms with Crippen LogP contribution < -0.4 is 0 Å². The van der Waals surface area contributed by atoms with Crippen LogP contribution in [-0.4, -0.2) is 11.6 Å². The standard InChI is InChI=1S/C9H12O2/c1-7-3-2-5-9(7)6-4-8(10)11-9/h3H,2,4-6H2,1H3. The number of carbonyl (C=O) groups is 1. The minimum absolute atomic E-state index is 0.0281. The van der Waals surface area contributed by atoms with E-state index in [9.17, 15) is 4.79 Å². The molecule has 11 heavy (non-hydrogen) atoms. The Morgan fingerprint density at radius 3 is 2.82 bits per heavy atom. The van der Waals surface area contributed by atoms with E-state index in [0.717, 1.165) is 19.3 Å². The fraction of sp³-hybridized carbons (Fsp3) is 0.667. The maximum absolute atomic E-state index is 10.9. The van der Waals surface area contributed by atoms with Crippen LogP contribution in [0.4, 0.5) is 0 Å². The lowest BCUT2D eigenvalue weighted by Crippen LogP contribution is -2.26. The Bertz CT molecular complexity index is 230. The number of rotatable bonds is 0. The normalized spacial score (nSPS) is 36.1. The molecule has 1 aliphatic heterocycles. The summed E-state index contributed by atoms with van der Waals surface area (Å²) in [6.07, 6.45) is 5.75. The topological polar surface area (TPSA) is 26.3 Å². The quantitative estimate of drug-likeness (QED) is 0.391. The van der Waals surface area contributed by atoms with Gasteiger partial charge in [0, 0.05) is 12.8 Å². The molecule has 0 aromatic carbocycles. The average Bonchev–Trinajstić information content (AvgIpc) is 2.46. The molecule has 2 aliphatic rings. The molecule has 1 unspecified atom stereocenters. The summed E-state index contributed by atoms with van der Waals surface area (Å²) in [6.45, 7) is 2.06. The summed E-state index contributed by atoms with van der Waals surface area (Å²) in [5.74, 6) is -0.0281. The van der Waals surface area contributed by atoms with Gasteiger partial charge in [0.15, 0.2) is 0 Å². The molecule has 1 heterocycles. The van der Waals surface area contributed by atoms with Crippen molar-refractivity contribution in [2.45, 2.75) is 38.2 Å². The molecular formula is C9H12O2. The third-order valence-corrected chi connectivity index (χ3v) is 2.76. The highest BCUT2D eigenvalue weighted by molar-refractivity contribution is 5.73. The number of allylic oxidation sites excluding steroid dienone is 1. The summed E-state index contributed by atoms with van der Waals surface area (Å²) < 4.78 is 5.31. The molecule has 2 nitrogen and oxygen atoms in total. The van der Waals surface area contributed by atoms with Crippen LogP contribution in [-0.2, 0) is 9.53 Å². The van der Waals surface area contributed by atoms with E-state index in [1.807, 2.05) is 0 Å². The van der Waals surface area contributed by atoms with Crippen molar-refractivity contribution in [3.05, 3.63) is 11.6 Å². The lowest BCUT2D eigenvalue weighted by Gasteiger charge is -2.23. The van der Waals surface area contributed by atoms with Gasteiger partial charge in [-0.25, -0.2) is 0 Å². The number of esters is 1. The van der Waals surface area contributed by atoms with Gasteiger partial charge < -0.3 is 4.74 Å². The molecule has 1 spiro atoms. The molecule has 1 atom stereocenters. The third kappa shape index (κ3) is 0.889. The predicted octanol–water partition coefficient (Wildman–Crippen LogP) is 1.80. The van der Waals surface area contributed by atoms with E-state index in [1.54, 1.807) is 0 Å². The van der Waals surface area contributed by atoms with Crippen LogP contribution in [0.3, 0.4) is 0 Å². The molecule has 2 rings (SSSR count). The summed E-state index contributed by atoms with van der Waals surface area (Å²) in [6, 6.07) is 0. The van der Waals surface area contributed by atoms with Gasteiger partial charge in [-0.3, -0.25) is 4.79 Å². The first-order valence-electron chi connectivity index (χ1n) is 4.12. The van der Waals surface area contributed by atoms with Gasteiger partial charge in [-0.15, -0.1) is 0 Å². The average molecular weight is 152 g/mol. The fourth-order valence-corrected chi connectivity index (χ4v) is 1.98. The lowest BCUT2D eigenvalue weighted by atomic mass is 9.93. The van der Waals surface area contributed by atoms with Crippen molar-refractivity contribution in [1.82, 2.24) is 0 Å².